The van der Waals surface area contributed by atoms with E-state index in [0.717, 1.165) is 5.56 Å². The quantitative estimate of drug-likeness (QED) is 0.449. The summed E-state index contributed by atoms with van der Waals surface area (Å²) in [6.45, 7) is 0.206. The summed E-state index contributed by atoms with van der Waals surface area (Å²) in [5.41, 5.74) is 1.31. The van der Waals surface area contributed by atoms with Crippen LogP contribution in [0.15, 0.2) is 86.0 Å². The van der Waals surface area contributed by atoms with Gasteiger partial charge >= 0.3 is 0 Å². The van der Waals surface area contributed by atoms with Crippen molar-refractivity contribution < 1.29 is 9.18 Å². The molecule has 0 radical (unpaired) electrons. The van der Waals surface area contributed by atoms with Crippen LogP contribution in [0.25, 0.3) is 17.3 Å². The molecule has 5 rings (SSSR count). The zero-order chi connectivity index (χ0) is 21.9. The van der Waals surface area contributed by atoms with E-state index >= 15 is 0 Å². The fraction of sp³-hybridized carbons (Fsp3) is 0.0455. The Morgan fingerprint density at radius 1 is 1.03 bits per heavy atom. The molecule has 0 saturated heterocycles. The molecule has 0 saturated carbocycles. The van der Waals surface area contributed by atoms with Crippen molar-refractivity contribution in [3.63, 3.8) is 0 Å². The van der Waals surface area contributed by atoms with E-state index in [0.29, 0.717) is 17.2 Å². The molecular formula is C22H17FN8O. The Bertz CT molecular complexity index is 1360. The molecule has 0 unspecified atom stereocenters. The molecular weight excluding hydrogens is 411 g/mol. The van der Waals surface area contributed by atoms with Crippen LogP contribution in [-0.2, 0) is 6.54 Å². The highest BCUT2D eigenvalue weighted by Crippen LogP contribution is 2.22. The lowest BCUT2D eigenvalue weighted by molar-refractivity contribution is 0.0951. The molecule has 0 aliphatic rings. The first-order valence-corrected chi connectivity index (χ1v) is 9.76. The van der Waals surface area contributed by atoms with Crippen molar-refractivity contribution in [1.82, 2.24) is 39.4 Å². The number of hydrogen-bond acceptors (Lipinski definition) is 5. The van der Waals surface area contributed by atoms with Gasteiger partial charge in [-0.15, -0.1) is 0 Å². The summed E-state index contributed by atoms with van der Waals surface area (Å²) < 4.78 is 19.1. The van der Waals surface area contributed by atoms with Gasteiger partial charge in [-0.25, -0.2) is 23.7 Å². The van der Waals surface area contributed by atoms with Gasteiger partial charge in [-0.3, -0.25) is 4.79 Å². The monoisotopic (exact) mass is 428 g/mol. The van der Waals surface area contributed by atoms with Crippen LogP contribution < -0.4 is 5.32 Å². The van der Waals surface area contributed by atoms with E-state index in [9.17, 15) is 9.18 Å². The van der Waals surface area contributed by atoms with Gasteiger partial charge in [0.1, 0.15) is 29.7 Å². The number of halogens is 1. The molecule has 0 aliphatic carbocycles. The second-order valence-electron chi connectivity index (χ2n) is 6.84. The Morgan fingerprint density at radius 2 is 1.88 bits per heavy atom. The zero-order valence-electron chi connectivity index (χ0n) is 16.7. The number of rotatable bonds is 6. The maximum Gasteiger partial charge on any atom is 0.256 e. The number of amides is 1. The van der Waals surface area contributed by atoms with E-state index < -0.39 is 5.82 Å². The van der Waals surface area contributed by atoms with Gasteiger partial charge in [-0.05, 0) is 30.3 Å². The largest absolute Gasteiger partial charge is 0.348 e. The van der Waals surface area contributed by atoms with Gasteiger partial charge in [-0.2, -0.15) is 10.2 Å². The highest BCUT2D eigenvalue weighted by molar-refractivity contribution is 5.97. The fourth-order valence-electron chi connectivity index (χ4n) is 3.39. The van der Waals surface area contributed by atoms with Crippen molar-refractivity contribution in [2.24, 2.45) is 0 Å². The number of carbonyl (C=O) groups excluding carboxylic acids is 1. The smallest absolute Gasteiger partial charge is 0.256 e. The van der Waals surface area contributed by atoms with Crippen molar-refractivity contribution in [2.75, 3.05) is 0 Å². The normalized spacial score (nSPS) is 10.9. The van der Waals surface area contributed by atoms with Gasteiger partial charge in [0.25, 0.3) is 5.91 Å². The third kappa shape index (κ3) is 3.54. The van der Waals surface area contributed by atoms with E-state index in [1.165, 1.54) is 34.3 Å². The molecule has 0 spiro atoms. The average Bonchev–Trinajstić information content (AvgIpc) is 3.59. The first kappa shape index (κ1) is 19.4. The lowest BCUT2D eigenvalue weighted by Gasteiger charge is -2.12. The zero-order valence-corrected chi connectivity index (χ0v) is 16.7. The predicted octanol–water partition coefficient (Wildman–Crippen LogP) is 2.71. The average molecular weight is 428 g/mol. The molecule has 4 heterocycles. The van der Waals surface area contributed by atoms with Crippen molar-refractivity contribution in [2.45, 2.75) is 6.54 Å². The molecule has 1 aromatic carbocycles. The van der Waals surface area contributed by atoms with Crippen molar-refractivity contribution in [3.8, 4) is 17.3 Å². The Kier molecular flexibility index (Phi) is 5.00. The van der Waals surface area contributed by atoms with Crippen molar-refractivity contribution >= 4 is 5.91 Å². The van der Waals surface area contributed by atoms with Crippen LogP contribution >= 0.6 is 0 Å². The van der Waals surface area contributed by atoms with Crippen molar-refractivity contribution in [1.29, 1.82) is 0 Å². The molecule has 32 heavy (non-hydrogen) atoms. The summed E-state index contributed by atoms with van der Waals surface area (Å²) in [5, 5.41) is 11.3. The minimum atomic E-state index is -0.441. The van der Waals surface area contributed by atoms with Gasteiger partial charge in [-0.1, -0.05) is 18.2 Å². The molecule has 0 bridgehead atoms. The molecule has 0 atom stereocenters. The lowest BCUT2D eigenvalue weighted by atomic mass is 10.2. The van der Waals surface area contributed by atoms with Crippen LogP contribution in [0.3, 0.4) is 0 Å². The fourth-order valence-corrected chi connectivity index (χ4v) is 3.39. The maximum atomic E-state index is 14.5. The molecule has 10 heteroatoms. The van der Waals surface area contributed by atoms with Gasteiger partial charge in [0.15, 0.2) is 11.6 Å². The van der Waals surface area contributed by atoms with Gasteiger partial charge in [0, 0.05) is 30.7 Å². The minimum absolute atomic E-state index is 0.206. The summed E-state index contributed by atoms with van der Waals surface area (Å²) in [6, 6.07) is 13.5. The van der Waals surface area contributed by atoms with Gasteiger partial charge in [0.2, 0.25) is 0 Å². The van der Waals surface area contributed by atoms with Crippen LogP contribution in [0.1, 0.15) is 15.9 Å². The number of benzene rings is 1. The Hall–Kier alpha value is -4.60. The molecule has 4 aromatic heterocycles. The third-order valence-corrected chi connectivity index (χ3v) is 4.86. The number of nitrogens with one attached hydrogen (secondary N) is 1. The highest BCUT2D eigenvalue weighted by atomic mass is 19.1. The summed E-state index contributed by atoms with van der Waals surface area (Å²) in [4.78, 5) is 21.4. The number of aromatic nitrogens is 7. The number of pyridine rings is 1. The van der Waals surface area contributed by atoms with E-state index in [2.05, 4.69) is 25.5 Å². The minimum Gasteiger partial charge on any atom is -0.348 e. The van der Waals surface area contributed by atoms with Gasteiger partial charge < -0.3 is 9.88 Å². The lowest BCUT2D eigenvalue weighted by Crippen LogP contribution is -2.25. The van der Waals surface area contributed by atoms with Crippen molar-refractivity contribution in [3.05, 3.63) is 103 Å². The van der Waals surface area contributed by atoms with Crippen LogP contribution in [0.5, 0.6) is 0 Å². The molecule has 5 aromatic rings. The molecule has 1 amide bonds. The predicted molar refractivity (Wildman–Crippen MR) is 113 cm³/mol. The summed E-state index contributed by atoms with van der Waals surface area (Å²) in [5.74, 6) is 0.201. The van der Waals surface area contributed by atoms with E-state index in [1.807, 2.05) is 18.2 Å². The molecule has 0 fully saturated rings. The summed E-state index contributed by atoms with van der Waals surface area (Å²) in [7, 11) is 0. The molecule has 9 nitrogen and oxygen atoms in total. The molecule has 158 valence electrons. The number of hydrogen-bond donors (Lipinski definition) is 1. The van der Waals surface area contributed by atoms with E-state index in [-0.39, 0.29) is 18.1 Å². The van der Waals surface area contributed by atoms with E-state index in [4.69, 9.17) is 0 Å². The van der Waals surface area contributed by atoms with Crippen LogP contribution in [0.4, 0.5) is 4.39 Å². The number of nitrogens with zero attached hydrogens (tertiary/aromatic N) is 7. The highest BCUT2D eigenvalue weighted by Gasteiger charge is 2.21. The summed E-state index contributed by atoms with van der Waals surface area (Å²) in [6.07, 6.45) is 9.57. The Morgan fingerprint density at radius 3 is 2.66 bits per heavy atom. The first-order valence-electron chi connectivity index (χ1n) is 9.76. The first-order chi connectivity index (χ1) is 15.7. The second kappa shape index (κ2) is 8.26. The van der Waals surface area contributed by atoms with E-state index in [1.54, 1.807) is 47.4 Å². The Labute approximate surface area is 181 Å². The third-order valence-electron chi connectivity index (χ3n) is 4.86. The number of para-hydroxylation sites is 1. The molecule has 0 aliphatic heterocycles. The topological polar surface area (TPSA) is 95.5 Å². The SMILES string of the molecule is O=C(NCc1cccnc1-n1cncn1)c1cnn(-c2ccccc2F)c1-n1cccc1. The van der Waals surface area contributed by atoms with Gasteiger partial charge in [0.05, 0.1) is 6.20 Å². The van der Waals surface area contributed by atoms with Crippen LogP contribution in [0, 0.1) is 5.82 Å². The Balaban J connectivity index is 1.47. The number of carbonyl (C=O) groups is 1. The summed E-state index contributed by atoms with van der Waals surface area (Å²) >= 11 is 0. The van der Waals surface area contributed by atoms with Crippen LogP contribution in [0.2, 0.25) is 0 Å². The van der Waals surface area contributed by atoms with Crippen LogP contribution in [-0.4, -0.2) is 40.0 Å². The standard InChI is InChI=1S/C22H17FN8O/c23-18-7-1-2-8-19(18)31-22(29-10-3-4-11-29)17(13-27-31)21(32)26-12-16-6-5-9-25-20(16)30-15-24-14-28-30/h1-11,13-15H,12H2,(H,26,32). The maximum absolute atomic E-state index is 14.5. The second-order valence-corrected chi connectivity index (χ2v) is 6.84. The molecule has 1 N–H and O–H groups in total.